The number of hydrogen-bond donors (Lipinski definition) is 1. The Balaban J connectivity index is 2.11. The van der Waals surface area contributed by atoms with E-state index in [0.29, 0.717) is 17.4 Å². The largest absolute Gasteiger partial charge is 0.475 e. The van der Waals surface area contributed by atoms with Gasteiger partial charge in [-0.2, -0.15) is 4.98 Å². The Morgan fingerprint density at radius 3 is 2.62 bits per heavy atom. The van der Waals surface area contributed by atoms with Gasteiger partial charge in [0.1, 0.15) is 5.82 Å². The molecule has 1 aromatic heterocycles. The van der Waals surface area contributed by atoms with E-state index in [0.717, 1.165) is 5.56 Å². The van der Waals surface area contributed by atoms with E-state index in [9.17, 15) is 4.39 Å². The first kappa shape index (κ1) is 15.2. The minimum absolute atomic E-state index is 0.0522. The second-order valence-corrected chi connectivity index (χ2v) is 5.26. The Morgan fingerprint density at radius 1 is 1.19 bits per heavy atom. The topological polar surface area (TPSA) is 47.0 Å². The van der Waals surface area contributed by atoms with Gasteiger partial charge in [-0.15, -0.1) is 0 Å². The minimum atomic E-state index is -0.209. The molecule has 1 N–H and O–H groups in total. The van der Waals surface area contributed by atoms with Crippen molar-refractivity contribution in [2.24, 2.45) is 0 Å². The van der Waals surface area contributed by atoms with E-state index in [-0.39, 0.29) is 18.0 Å². The summed E-state index contributed by atoms with van der Waals surface area (Å²) in [6.45, 7) is 7.55. The fourth-order valence-electron chi connectivity index (χ4n) is 1.87. The van der Waals surface area contributed by atoms with Crippen molar-refractivity contribution in [3.05, 3.63) is 47.4 Å². The van der Waals surface area contributed by atoms with Crippen molar-refractivity contribution in [1.29, 1.82) is 0 Å². The van der Waals surface area contributed by atoms with Gasteiger partial charge in [-0.05, 0) is 44.9 Å². The lowest BCUT2D eigenvalue weighted by atomic mass is 10.1. The van der Waals surface area contributed by atoms with Crippen LogP contribution in [-0.2, 0) is 0 Å². The van der Waals surface area contributed by atoms with Crippen LogP contribution in [-0.4, -0.2) is 16.1 Å². The van der Waals surface area contributed by atoms with Crippen molar-refractivity contribution in [3.63, 3.8) is 0 Å². The van der Waals surface area contributed by atoms with Gasteiger partial charge in [-0.3, -0.25) is 0 Å². The van der Waals surface area contributed by atoms with E-state index in [1.165, 1.54) is 6.07 Å². The summed E-state index contributed by atoms with van der Waals surface area (Å²) in [6.07, 6.45) is 1.69. The molecule has 0 spiro atoms. The summed E-state index contributed by atoms with van der Waals surface area (Å²) in [4.78, 5) is 8.44. The number of ether oxygens (including phenoxy) is 1. The zero-order valence-electron chi connectivity index (χ0n) is 12.7. The highest BCUT2D eigenvalue weighted by Crippen LogP contribution is 2.20. The summed E-state index contributed by atoms with van der Waals surface area (Å²) in [7, 11) is 0. The number of halogens is 1. The Morgan fingerprint density at radius 2 is 1.95 bits per heavy atom. The predicted molar refractivity (Wildman–Crippen MR) is 81.0 cm³/mol. The zero-order valence-corrected chi connectivity index (χ0v) is 12.7. The molecule has 2 rings (SSSR count). The molecular formula is C16H20FN3O. The van der Waals surface area contributed by atoms with Crippen molar-refractivity contribution in [3.8, 4) is 5.88 Å². The minimum Gasteiger partial charge on any atom is -0.475 e. The van der Waals surface area contributed by atoms with Gasteiger partial charge in [-0.1, -0.05) is 12.1 Å². The highest BCUT2D eigenvalue weighted by atomic mass is 19.1. The van der Waals surface area contributed by atoms with Crippen molar-refractivity contribution < 1.29 is 9.13 Å². The highest BCUT2D eigenvalue weighted by Gasteiger charge is 2.10. The molecule has 2 aromatic rings. The number of anilines is 1. The molecule has 0 aliphatic heterocycles. The Bertz CT molecular complexity index is 616. The second kappa shape index (κ2) is 6.52. The van der Waals surface area contributed by atoms with Crippen LogP contribution in [0.15, 0.2) is 30.5 Å². The lowest BCUT2D eigenvalue weighted by Crippen LogP contribution is -2.12. The summed E-state index contributed by atoms with van der Waals surface area (Å²) in [5, 5.41) is 3.15. The molecule has 1 heterocycles. The SMILES string of the molecule is Cc1ccc(C(C)Nc2nccc(OC(C)C)n2)cc1F. The molecule has 0 saturated carbocycles. The molecule has 0 bridgehead atoms. The van der Waals surface area contributed by atoms with Gasteiger partial charge in [0.05, 0.1) is 12.1 Å². The van der Waals surface area contributed by atoms with Gasteiger partial charge in [0, 0.05) is 12.3 Å². The average molecular weight is 289 g/mol. The third-order valence-corrected chi connectivity index (χ3v) is 3.03. The molecule has 112 valence electrons. The van der Waals surface area contributed by atoms with Gasteiger partial charge in [0.2, 0.25) is 11.8 Å². The van der Waals surface area contributed by atoms with Crippen LogP contribution >= 0.6 is 0 Å². The Hall–Kier alpha value is -2.17. The molecule has 0 fully saturated rings. The number of nitrogens with zero attached hydrogens (tertiary/aromatic N) is 2. The van der Waals surface area contributed by atoms with Crippen LogP contribution in [0.3, 0.4) is 0 Å². The number of hydrogen-bond acceptors (Lipinski definition) is 4. The van der Waals surface area contributed by atoms with Crippen LogP contribution in [0, 0.1) is 12.7 Å². The summed E-state index contributed by atoms with van der Waals surface area (Å²) < 4.78 is 19.1. The molecule has 0 radical (unpaired) electrons. The van der Waals surface area contributed by atoms with Crippen LogP contribution in [0.1, 0.15) is 37.9 Å². The maximum atomic E-state index is 13.6. The van der Waals surface area contributed by atoms with E-state index in [1.807, 2.05) is 26.8 Å². The number of nitrogens with one attached hydrogen (secondary N) is 1. The predicted octanol–water partition coefficient (Wildman–Crippen LogP) is 3.88. The standard InChI is InChI=1S/C16H20FN3O/c1-10(2)21-15-7-8-18-16(20-15)19-12(4)13-6-5-11(3)14(17)9-13/h5-10,12H,1-4H3,(H,18,19,20). The molecule has 21 heavy (non-hydrogen) atoms. The number of aromatic nitrogens is 2. The smallest absolute Gasteiger partial charge is 0.226 e. The summed E-state index contributed by atoms with van der Waals surface area (Å²) >= 11 is 0. The van der Waals surface area contributed by atoms with Crippen LogP contribution in [0.4, 0.5) is 10.3 Å². The number of rotatable bonds is 5. The maximum Gasteiger partial charge on any atom is 0.226 e. The van der Waals surface area contributed by atoms with Gasteiger partial charge >= 0.3 is 0 Å². The van der Waals surface area contributed by atoms with Gasteiger partial charge in [0.25, 0.3) is 0 Å². The number of benzene rings is 1. The first-order valence-corrected chi connectivity index (χ1v) is 6.98. The van der Waals surface area contributed by atoms with Crippen LogP contribution in [0.5, 0.6) is 5.88 Å². The Kier molecular flexibility index (Phi) is 4.73. The van der Waals surface area contributed by atoms with E-state index in [4.69, 9.17) is 4.74 Å². The highest BCUT2D eigenvalue weighted by molar-refractivity contribution is 5.34. The third-order valence-electron chi connectivity index (χ3n) is 3.03. The van der Waals surface area contributed by atoms with Gasteiger partial charge in [0.15, 0.2) is 0 Å². The molecule has 1 atom stereocenters. The van der Waals surface area contributed by atoms with Gasteiger partial charge in [-0.25, -0.2) is 9.37 Å². The summed E-state index contributed by atoms with van der Waals surface area (Å²) in [5.74, 6) is 0.769. The van der Waals surface area contributed by atoms with Crippen LogP contribution in [0.2, 0.25) is 0 Å². The fourth-order valence-corrected chi connectivity index (χ4v) is 1.87. The van der Waals surface area contributed by atoms with Crippen molar-refractivity contribution in [2.75, 3.05) is 5.32 Å². The molecule has 0 aliphatic carbocycles. The normalized spacial score (nSPS) is 12.3. The van der Waals surface area contributed by atoms with Crippen LogP contribution in [0.25, 0.3) is 0 Å². The maximum absolute atomic E-state index is 13.6. The second-order valence-electron chi connectivity index (χ2n) is 5.26. The molecular weight excluding hydrogens is 269 g/mol. The lowest BCUT2D eigenvalue weighted by molar-refractivity contribution is 0.232. The van der Waals surface area contributed by atoms with Crippen molar-refractivity contribution >= 4 is 5.95 Å². The zero-order chi connectivity index (χ0) is 15.4. The lowest BCUT2D eigenvalue weighted by Gasteiger charge is -2.16. The number of aryl methyl sites for hydroxylation is 1. The molecule has 1 aromatic carbocycles. The summed E-state index contributed by atoms with van der Waals surface area (Å²) in [5.41, 5.74) is 1.48. The van der Waals surface area contributed by atoms with Crippen molar-refractivity contribution in [2.45, 2.75) is 39.8 Å². The first-order chi connectivity index (χ1) is 9.95. The van der Waals surface area contributed by atoms with Gasteiger partial charge < -0.3 is 10.1 Å². The summed E-state index contributed by atoms with van der Waals surface area (Å²) in [6, 6.07) is 6.80. The monoisotopic (exact) mass is 289 g/mol. The molecule has 0 saturated heterocycles. The van der Waals surface area contributed by atoms with E-state index < -0.39 is 0 Å². The third kappa shape index (κ3) is 4.15. The van der Waals surface area contributed by atoms with E-state index in [1.54, 1.807) is 25.3 Å². The van der Waals surface area contributed by atoms with Crippen molar-refractivity contribution in [1.82, 2.24) is 9.97 Å². The molecule has 1 unspecified atom stereocenters. The Labute approximate surface area is 124 Å². The average Bonchev–Trinajstić information content (AvgIpc) is 2.41. The van der Waals surface area contributed by atoms with E-state index in [2.05, 4.69) is 15.3 Å². The molecule has 0 aliphatic rings. The molecule has 0 amide bonds. The molecule has 4 nitrogen and oxygen atoms in total. The quantitative estimate of drug-likeness (QED) is 0.907. The van der Waals surface area contributed by atoms with Crippen LogP contribution < -0.4 is 10.1 Å². The van der Waals surface area contributed by atoms with E-state index >= 15 is 0 Å². The molecule has 5 heteroatoms. The first-order valence-electron chi connectivity index (χ1n) is 6.98. The fraction of sp³-hybridized carbons (Fsp3) is 0.375.